The highest BCUT2D eigenvalue weighted by molar-refractivity contribution is 9.10. The fourth-order valence-corrected chi connectivity index (χ4v) is 2.54. The molecule has 0 radical (unpaired) electrons. The van der Waals surface area contributed by atoms with Crippen molar-refractivity contribution in [2.45, 2.75) is 4.90 Å². The topological polar surface area (TPSA) is 66.0 Å². The first-order valence-electron chi connectivity index (χ1n) is 4.74. The highest BCUT2D eigenvalue weighted by atomic mass is 79.9. The monoisotopic (exact) mass is 312 g/mol. The molecule has 6 heteroatoms. The first-order chi connectivity index (χ1) is 8.10. The molecule has 17 heavy (non-hydrogen) atoms. The van der Waals surface area contributed by atoms with Crippen molar-refractivity contribution < 1.29 is 9.90 Å². The van der Waals surface area contributed by atoms with Gasteiger partial charge in [-0.05, 0) is 30.5 Å². The number of nitrogens with zero attached hydrogens (tertiary/aromatic N) is 1. The third kappa shape index (κ3) is 2.70. The van der Waals surface area contributed by atoms with E-state index in [4.69, 9.17) is 5.11 Å². The van der Waals surface area contributed by atoms with Crippen LogP contribution in [0.25, 0.3) is 11.3 Å². The molecular weight excluding hydrogens is 304 g/mol. The van der Waals surface area contributed by atoms with Gasteiger partial charge in [-0.2, -0.15) is 5.10 Å². The maximum Gasteiger partial charge on any atom is 0.353 e. The Morgan fingerprint density at radius 1 is 1.41 bits per heavy atom. The van der Waals surface area contributed by atoms with Gasteiger partial charge in [0.25, 0.3) is 0 Å². The molecule has 0 saturated carbocycles. The number of halogens is 1. The minimum atomic E-state index is -1.01. The SMILES string of the molecule is CSc1cc(Br)cc(-c2cc(C(=O)O)[nH]n2)c1. The molecule has 1 aromatic heterocycles. The number of benzene rings is 1. The molecule has 4 nitrogen and oxygen atoms in total. The van der Waals surface area contributed by atoms with Crippen molar-refractivity contribution in [1.29, 1.82) is 0 Å². The van der Waals surface area contributed by atoms with Gasteiger partial charge < -0.3 is 5.11 Å². The maximum atomic E-state index is 10.8. The Kier molecular flexibility index (Phi) is 3.54. The number of hydrogen-bond donors (Lipinski definition) is 2. The van der Waals surface area contributed by atoms with Crippen molar-refractivity contribution in [3.8, 4) is 11.3 Å². The Morgan fingerprint density at radius 2 is 2.18 bits per heavy atom. The van der Waals surface area contributed by atoms with Crippen LogP contribution in [0.3, 0.4) is 0 Å². The van der Waals surface area contributed by atoms with Crippen LogP contribution in [0.5, 0.6) is 0 Å². The third-order valence-electron chi connectivity index (χ3n) is 2.21. The van der Waals surface area contributed by atoms with E-state index in [1.165, 1.54) is 6.07 Å². The quantitative estimate of drug-likeness (QED) is 0.854. The second-order valence-electron chi connectivity index (χ2n) is 3.35. The van der Waals surface area contributed by atoms with Crippen LogP contribution in [0.15, 0.2) is 33.6 Å². The highest BCUT2D eigenvalue weighted by Gasteiger charge is 2.10. The van der Waals surface area contributed by atoms with E-state index in [0.717, 1.165) is 14.9 Å². The summed E-state index contributed by atoms with van der Waals surface area (Å²) in [5.74, 6) is -1.01. The molecular formula is C11H9BrN2O2S. The molecule has 2 N–H and O–H groups in total. The van der Waals surface area contributed by atoms with Crippen LogP contribution in [0.1, 0.15) is 10.5 Å². The van der Waals surface area contributed by atoms with Crippen LogP contribution in [-0.2, 0) is 0 Å². The summed E-state index contributed by atoms with van der Waals surface area (Å²) >= 11 is 5.04. The summed E-state index contributed by atoms with van der Waals surface area (Å²) in [5.41, 5.74) is 1.59. The molecule has 0 aliphatic rings. The first kappa shape index (κ1) is 12.2. The van der Waals surface area contributed by atoms with E-state index in [0.29, 0.717) is 5.69 Å². The van der Waals surface area contributed by atoms with Gasteiger partial charge in [0.2, 0.25) is 0 Å². The molecule has 1 aromatic carbocycles. The fraction of sp³-hybridized carbons (Fsp3) is 0.0909. The van der Waals surface area contributed by atoms with Gasteiger partial charge in [0.05, 0.1) is 5.69 Å². The predicted molar refractivity (Wildman–Crippen MR) is 70.5 cm³/mol. The molecule has 0 atom stereocenters. The van der Waals surface area contributed by atoms with E-state index in [9.17, 15) is 4.79 Å². The van der Waals surface area contributed by atoms with Gasteiger partial charge in [-0.25, -0.2) is 4.79 Å². The number of carboxylic acid groups (broad SMARTS) is 1. The van der Waals surface area contributed by atoms with Crippen LogP contribution in [0.2, 0.25) is 0 Å². The third-order valence-corrected chi connectivity index (χ3v) is 3.38. The fourth-order valence-electron chi connectivity index (χ4n) is 1.41. The Morgan fingerprint density at radius 3 is 2.76 bits per heavy atom. The summed E-state index contributed by atoms with van der Waals surface area (Å²) in [5, 5.41) is 15.3. The summed E-state index contributed by atoms with van der Waals surface area (Å²) in [6.45, 7) is 0. The Hall–Kier alpha value is -1.27. The molecule has 0 spiro atoms. The lowest BCUT2D eigenvalue weighted by Gasteiger charge is -2.01. The number of rotatable bonds is 3. The first-order valence-corrected chi connectivity index (χ1v) is 6.75. The Balaban J connectivity index is 2.44. The average Bonchev–Trinajstić information content (AvgIpc) is 2.77. The minimum absolute atomic E-state index is 0.0886. The van der Waals surface area contributed by atoms with E-state index in [-0.39, 0.29) is 5.69 Å². The maximum absolute atomic E-state index is 10.8. The summed E-state index contributed by atoms with van der Waals surface area (Å²) in [6, 6.07) is 7.39. The molecule has 0 amide bonds. The highest BCUT2D eigenvalue weighted by Crippen LogP contribution is 2.28. The van der Waals surface area contributed by atoms with Crippen molar-refractivity contribution >= 4 is 33.7 Å². The molecule has 0 fully saturated rings. The van der Waals surface area contributed by atoms with Gasteiger partial charge in [-0.1, -0.05) is 15.9 Å². The molecule has 0 saturated heterocycles. The van der Waals surface area contributed by atoms with E-state index in [2.05, 4.69) is 26.1 Å². The van der Waals surface area contributed by atoms with Crippen molar-refractivity contribution in [3.05, 3.63) is 34.4 Å². The van der Waals surface area contributed by atoms with E-state index in [1.54, 1.807) is 11.8 Å². The van der Waals surface area contributed by atoms with E-state index >= 15 is 0 Å². The molecule has 88 valence electrons. The zero-order valence-corrected chi connectivity index (χ0v) is 11.3. The summed E-state index contributed by atoms with van der Waals surface area (Å²) < 4.78 is 0.944. The van der Waals surface area contributed by atoms with Gasteiger partial charge in [0, 0.05) is 14.9 Å². The van der Waals surface area contributed by atoms with Crippen molar-refractivity contribution in [3.63, 3.8) is 0 Å². The van der Waals surface area contributed by atoms with E-state index in [1.807, 2.05) is 24.5 Å². The van der Waals surface area contributed by atoms with Crippen LogP contribution in [0.4, 0.5) is 0 Å². The number of aromatic amines is 1. The van der Waals surface area contributed by atoms with Gasteiger partial charge >= 0.3 is 5.97 Å². The molecule has 2 rings (SSSR count). The molecule has 0 aliphatic heterocycles. The molecule has 0 unspecified atom stereocenters. The van der Waals surface area contributed by atoms with Crippen molar-refractivity contribution in [2.24, 2.45) is 0 Å². The van der Waals surface area contributed by atoms with Gasteiger partial charge in [0.15, 0.2) is 0 Å². The molecule has 1 heterocycles. The van der Waals surface area contributed by atoms with Crippen LogP contribution in [0, 0.1) is 0 Å². The molecule has 2 aromatic rings. The predicted octanol–water partition coefficient (Wildman–Crippen LogP) is 3.26. The number of aromatic carboxylic acids is 1. The second kappa shape index (κ2) is 4.93. The normalized spacial score (nSPS) is 10.5. The zero-order valence-electron chi connectivity index (χ0n) is 8.90. The number of carbonyl (C=O) groups is 1. The number of hydrogen-bond acceptors (Lipinski definition) is 3. The summed E-state index contributed by atoms with van der Waals surface area (Å²) in [7, 11) is 0. The largest absolute Gasteiger partial charge is 0.477 e. The minimum Gasteiger partial charge on any atom is -0.477 e. The second-order valence-corrected chi connectivity index (χ2v) is 5.15. The number of carboxylic acids is 1. The van der Waals surface area contributed by atoms with Crippen molar-refractivity contribution in [1.82, 2.24) is 10.2 Å². The molecule has 0 aliphatic carbocycles. The number of aromatic nitrogens is 2. The van der Waals surface area contributed by atoms with E-state index < -0.39 is 5.97 Å². The van der Waals surface area contributed by atoms with Crippen LogP contribution < -0.4 is 0 Å². The zero-order chi connectivity index (χ0) is 12.4. The Labute approximate surface area is 111 Å². The average molecular weight is 313 g/mol. The lowest BCUT2D eigenvalue weighted by Crippen LogP contribution is -1.95. The van der Waals surface area contributed by atoms with Gasteiger partial charge in [-0.15, -0.1) is 11.8 Å². The summed E-state index contributed by atoms with van der Waals surface area (Å²) in [4.78, 5) is 11.8. The lowest BCUT2D eigenvalue weighted by atomic mass is 10.1. The molecule has 0 bridgehead atoms. The lowest BCUT2D eigenvalue weighted by molar-refractivity contribution is 0.0690. The number of thioether (sulfide) groups is 1. The summed E-state index contributed by atoms with van der Waals surface area (Å²) in [6.07, 6.45) is 1.98. The number of H-pyrrole nitrogens is 1. The standard InChI is InChI=1S/C11H9BrN2O2S/c1-17-8-3-6(2-7(12)4-8)9-5-10(11(15)16)14-13-9/h2-5H,1H3,(H,13,14)(H,15,16). The van der Waals surface area contributed by atoms with Gasteiger partial charge in [-0.3, -0.25) is 5.10 Å². The van der Waals surface area contributed by atoms with Gasteiger partial charge in [0.1, 0.15) is 5.69 Å². The van der Waals surface area contributed by atoms with Crippen LogP contribution in [-0.4, -0.2) is 27.5 Å². The Bertz CT molecular complexity index is 568. The smallest absolute Gasteiger partial charge is 0.353 e. The van der Waals surface area contributed by atoms with Crippen LogP contribution >= 0.6 is 27.7 Å². The number of nitrogens with one attached hydrogen (secondary N) is 1. The van der Waals surface area contributed by atoms with Crippen molar-refractivity contribution in [2.75, 3.05) is 6.26 Å².